The molecule has 0 saturated heterocycles. The van der Waals surface area contributed by atoms with E-state index in [1.165, 1.54) is 18.2 Å². The SMILES string of the molecule is Fc1cccc(Nc2cc(Cl)nc(C(F)(F)F)n2)c1. The molecule has 3 nitrogen and oxygen atoms in total. The highest BCUT2D eigenvalue weighted by Crippen LogP contribution is 2.29. The number of rotatable bonds is 2. The topological polar surface area (TPSA) is 37.8 Å². The highest BCUT2D eigenvalue weighted by molar-refractivity contribution is 6.29. The van der Waals surface area contributed by atoms with Crippen LogP contribution in [0.1, 0.15) is 5.82 Å². The maximum atomic E-state index is 12.9. The maximum Gasteiger partial charge on any atom is 0.451 e. The number of nitrogens with zero attached hydrogens (tertiary/aromatic N) is 2. The van der Waals surface area contributed by atoms with Gasteiger partial charge in [-0.25, -0.2) is 14.4 Å². The number of nitrogens with one attached hydrogen (secondary N) is 1. The van der Waals surface area contributed by atoms with E-state index in [0.29, 0.717) is 0 Å². The summed E-state index contributed by atoms with van der Waals surface area (Å²) in [5.41, 5.74) is 0.253. The van der Waals surface area contributed by atoms with Crippen molar-refractivity contribution in [3.8, 4) is 0 Å². The minimum atomic E-state index is -4.71. The summed E-state index contributed by atoms with van der Waals surface area (Å²) in [7, 11) is 0. The van der Waals surface area contributed by atoms with Crippen LogP contribution < -0.4 is 5.32 Å². The largest absolute Gasteiger partial charge is 0.451 e. The van der Waals surface area contributed by atoms with Gasteiger partial charge < -0.3 is 5.32 Å². The maximum absolute atomic E-state index is 12.9. The molecule has 1 heterocycles. The second kappa shape index (κ2) is 5.00. The van der Waals surface area contributed by atoms with Gasteiger partial charge in [0.15, 0.2) is 0 Å². The van der Waals surface area contributed by atoms with Crippen molar-refractivity contribution in [2.75, 3.05) is 5.32 Å². The van der Waals surface area contributed by atoms with Crippen LogP contribution in [0.2, 0.25) is 5.15 Å². The first-order valence-corrected chi connectivity index (χ1v) is 5.37. The van der Waals surface area contributed by atoms with E-state index in [4.69, 9.17) is 11.6 Å². The molecule has 0 saturated carbocycles. The minimum absolute atomic E-state index is 0.169. The minimum Gasteiger partial charge on any atom is -0.340 e. The molecule has 0 atom stereocenters. The lowest BCUT2D eigenvalue weighted by Gasteiger charge is -2.09. The molecule has 0 fully saturated rings. The smallest absolute Gasteiger partial charge is 0.340 e. The molecule has 0 bridgehead atoms. The molecule has 0 radical (unpaired) electrons. The standard InChI is InChI=1S/C11H6ClF4N3/c12-8-5-9(19-10(18-8)11(14,15)16)17-7-3-1-2-6(13)4-7/h1-5H,(H,17,18,19). The normalized spacial score (nSPS) is 11.4. The Hall–Kier alpha value is -1.89. The zero-order valence-electron chi connectivity index (χ0n) is 9.17. The summed E-state index contributed by atoms with van der Waals surface area (Å²) >= 11 is 5.49. The summed E-state index contributed by atoms with van der Waals surface area (Å²) in [5.74, 6) is -2.06. The van der Waals surface area contributed by atoms with Crippen LogP contribution in [0, 0.1) is 5.82 Å². The van der Waals surface area contributed by atoms with Crippen molar-refractivity contribution in [3.05, 3.63) is 47.1 Å². The number of benzene rings is 1. The second-order valence-electron chi connectivity index (χ2n) is 3.53. The average Bonchev–Trinajstić information content (AvgIpc) is 2.26. The van der Waals surface area contributed by atoms with E-state index in [9.17, 15) is 17.6 Å². The lowest BCUT2D eigenvalue weighted by atomic mass is 10.3. The molecule has 1 aromatic heterocycles. The van der Waals surface area contributed by atoms with E-state index < -0.39 is 17.8 Å². The molecule has 2 aromatic rings. The zero-order valence-corrected chi connectivity index (χ0v) is 9.93. The van der Waals surface area contributed by atoms with Crippen molar-refractivity contribution < 1.29 is 17.6 Å². The summed E-state index contributed by atoms with van der Waals surface area (Å²) in [5, 5.41) is 2.16. The molecule has 0 amide bonds. The summed E-state index contributed by atoms with van der Waals surface area (Å²) in [6.45, 7) is 0. The second-order valence-corrected chi connectivity index (χ2v) is 3.92. The molecule has 0 spiro atoms. The molecule has 100 valence electrons. The van der Waals surface area contributed by atoms with Gasteiger partial charge in [-0.3, -0.25) is 0 Å². The molecular weight excluding hydrogens is 286 g/mol. The molecule has 0 unspecified atom stereocenters. The van der Waals surface area contributed by atoms with Gasteiger partial charge in [0.05, 0.1) is 0 Å². The van der Waals surface area contributed by atoms with Crippen LogP contribution in [-0.4, -0.2) is 9.97 Å². The Bertz CT molecular complexity index is 601. The van der Waals surface area contributed by atoms with Gasteiger partial charge in [0, 0.05) is 11.8 Å². The number of anilines is 2. The van der Waals surface area contributed by atoms with Gasteiger partial charge in [0.2, 0.25) is 5.82 Å². The summed E-state index contributed by atoms with van der Waals surface area (Å²) in [4.78, 5) is 6.36. The Kier molecular flexibility index (Phi) is 3.57. The molecule has 8 heteroatoms. The van der Waals surface area contributed by atoms with Crippen LogP contribution in [0.25, 0.3) is 0 Å². The number of hydrogen-bond acceptors (Lipinski definition) is 3. The fourth-order valence-electron chi connectivity index (χ4n) is 1.32. The molecular formula is C11H6ClF4N3. The zero-order chi connectivity index (χ0) is 14.0. The lowest BCUT2D eigenvalue weighted by molar-refractivity contribution is -0.144. The van der Waals surface area contributed by atoms with Gasteiger partial charge in [-0.15, -0.1) is 0 Å². The molecule has 2 rings (SSSR count). The molecule has 0 aliphatic heterocycles. The Morgan fingerprint density at radius 3 is 2.47 bits per heavy atom. The van der Waals surface area contributed by atoms with Crippen molar-refractivity contribution >= 4 is 23.1 Å². The van der Waals surface area contributed by atoms with Gasteiger partial charge in [0.25, 0.3) is 0 Å². The quantitative estimate of drug-likeness (QED) is 0.670. The molecule has 1 N–H and O–H groups in total. The van der Waals surface area contributed by atoms with E-state index in [1.54, 1.807) is 0 Å². The summed E-state index contributed by atoms with van der Waals surface area (Å²) < 4.78 is 50.4. The Morgan fingerprint density at radius 1 is 1.11 bits per heavy atom. The van der Waals surface area contributed by atoms with Gasteiger partial charge in [-0.1, -0.05) is 17.7 Å². The number of hydrogen-bond donors (Lipinski definition) is 1. The molecule has 1 aromatic carbocycles. The van der Waals surface area contributed by atoms with Crippen LogP contribution in [0.5, 0.6) is 0 Å². The van der Waals surface area contributed by atoms with Crippen molar-refractivity contribution in [1.82, 2.24) is 9.97 Å². The van der Waals surface area contributed by atoms with Crippen LogP contribution in [-0.2, 0) is 6.18 Å². The lowest BCUT2D eigenvalue weighted by Crippen LogP contribution is -2.12. The van der Waals surface area contributed by atoms with E-state index in [0.717, 1.165) is 12.1 Å². The first-order valence-electron chi connectivity index (χ1n) is 4.99. The van der Waals surface area contributed by atoms with Crippen molar-refractivity contribution in [2.45, 2.75) is 6.18 Å². The average molecular weight is 292 g/mol. The van der Waals surface area contributed by atoms with Gasteiger partial charge in [-0.05, 0) is 18.2 Å². The number of halogens is 5. The third-order valence-corrected chi connectivity index (χ3v) is 2.24. The van der Waals surface area contributed by atoms with Gasteiger partial charge in [0.1, 0.15) is 16.8 Å². The summed E-state index contributed by atoms with van der Waals surface area (Å²) in [6.07, 6.45) is -4.71. The number of alkyl halides is 3. The fraction of sp³-hybridized carbons (Fsp3) is 0.0909. The fourth-order valence-corrected chi connectivity index (χ4v) is 1.51. The number of aromatic nitrogens is 2. The van der Waals surface area contributed by atoms with Crippen LogP contribution >= 0.6 is 11.6 Å². The van der Waals surface area contributed by atoms with Crippen molar-refractivity contribution in [2.24, 2.45) is 0 Å². The van der Waals surface area contributed by atoms with Gasteiger partial charge >= 0.3 is 6.18 Å². The van der Waals surface area contributed by atoms with Crippen LogP contribution in [0.15, 0.2) is 30.3 Å². The Labute approximate surface area is 110 Å². The summed E-state index contributed by atoms with van der Waals surface area (Å²) in [6, 6.07) is 6.32. The molecule has 19 heavy (non-hydrogen) atoms. The first kappa shape index (κ1) is 13.5. The Morgan fingerprint density at radius 2 is 1.84 bits per heavy atom. The van der Waals surface area contributed by atoms with Crippen molar-refractivity contribution in [3.63, 3.8) is 0 Å². The predicted octanol–water partition coefficient (Wildman–Crippen LogP) is 4.03. The van der Waals surface area contributed by atoms with E-state index in [1.807, 2.05) is 0 Å². The van der Waals surface area contributed by atoms with Crippen LogP contribution in [0.4, 0.5) is 29.1 Å². The monoisotopic (exact) mass is 291 g/mol. The third-order valence-electron chi connectivity index (χ3n) is 2.05. The van der Waals surface area contributed by atoms with Crippen molar-refractivity contribution in [1.29, 1.82) is 0 Å². The predicted molar refractivity (Wildman–Crippen MR) is 61.7 cm³/mol. The van der Waals surface area contributed by atoms with E-state index in [-0.39, 0.29) is 16.7 Å². The first-order chi connectivity index (χ1) is 8.84. The third kappa shape index (κ3) is 3.54. The van der Waals surface area contributed by atoms with Crippen LogP contribution in [0.3, 0.4) is 0 Å². The Balaban J connectivity index is 2.33. The highest BCUT2D eigenvalue weighted by atomic mass is 35.5. The molecule has 0 aliphatic rings. The molecule has 0 aliphatic carbocycles. The van der Waals surface area contributed by atoms with Gasteiger partial charge in [-0.2, -0.15) is 13.2 Å². The van der Waals surface area contributed by atoms with E-state index >= 15 is 0 Å². The highest BCUT2D eigenvalue weighted by Gasteiger charge is 2.35. The van der Waals surface area contributed by atoms with E-state index in [2.05, 4.69) is 15.3 Å².